The second-order valence-corrected chi connectivity index (χ2v) is 5.41. The Bertz CT molecular complexity index is 477. The Morgan fingerprint density at radius 1 is 1.17 bits per heavy atom. The number of carbonyl (C=O) groups is 1. The summed E-state index contributed by atoms with van der Waals surface area (Å²) in [5.74, 6) is 0.724. The van der Waals surface area contributed by atoms with Crippen LogP contribution >= 0.6 is 0 Å². The zero-order valence-corrected chi connectivity index (χ0v) is 14.9. The van der Waals surface area contributed by atoms with Crippen LogP contribution < -0.4 is 10.6 Å². The van der Waals surface area contributed by atoms with Gasteiger partial charge in [0.05, 0.1) is 18.8 Å². The van der Waals surface area contributed by atoms with Crippen molar-refractivity contribution in [3.63, 3.8) is 0 Å². The van der Waals surface area contributed by atoms with E-state index in [1.54, 1.807) is 6.20 Å². The van der Waals surface area contributed by atoms with E-state index in [4.69, 9.17) is 4.74 Å². The number of aliphatic imine (C=N–C) groups is 1. The Hall–Kier alpha value is -2.11. The summed E-state index contributed by atoms with van der Waals surface area (Å²) in [5, 5.41) is 6.56. The quantitative estimate of drug-likeness (QED) is 0.282. The summed E-state index contributed by atoms with van der Waals surface area (Å²) in [6.45, 7) is 6.61. The second-order valence-electron chi connectivity index (χ2n) is 5.41. The van der Waals surface area contributed by atoms with Gasteiger partial charge in [0.25, 0.3) is 0 Å². The number of rotatable bonds is 11. The van der Waals surface area contributed by atoms with Crippen LogP contribution in [-0.2, 0) is 16.1 Å². The van der Waals surface area contributed by atoms with Crippen molar-refractivity contribution < 1.29 is 9.53 Å². The molecule has 1 aromatic rings. The van der Waals surface area contributed by atoms with E-state index in [1.807, 2.05) is 32.0 Å². The van der Waals surface area contributed by atoms with Crippen LogP contribution in [0.5, 0.6) is 0 Å². The maximum atomic E-state index is 11.2. The highest BCUT2D eigenvalue weighted by Crippen LogP contribution is 2.03. The van der Waals surface area contributed by atoms with Gasteiger partial charge in [0, 0.05) is 25.7 Å². The van der Waals surface area contributed by atoms with E-state index in [1.165, 1.54) is 0 Å². The fourth-order valence-corrected chi connectivity index (χ4v) is 2.18. The van der Waals surface area contributed by atoms with Crippen LogP contribution in [-0.4, -0.2) is 36.6 Å². The third-order valence-corrected chi connectivity index (χ3v) is 3.37. The van der Waals surface area contributed by atoms with Gasteiger partial charge in [-0.25, -0.2) is 4.99 Å². The first-order valence-electron chi connectivity index (χ1n) is 8.84. The number of unbranched alkanes of at least 4 members (excludes halogenated alkanes) is 3. The standard InChI is InChI=1S/C18H30N4O2/c1-3-19-18(22-15-16-11-8-10-13-20-16)21-14-9-6-5-7-12-17(23)24-4-2/h8,10-11,13H,3-7,9,12,14-15H2,1-2H3,(H2,19,21,22). The van der Waals surface area contributed by atoms with Gasteiger partial charge in [0.1, 0.15) is 0 Å². The van der Waals surface area contributed by atoms with Crippen molar-refractivity contribution in [3.05, 3.63) is 30.1 Å². The van der Waals surface area contributed by atoms with Gasteiger partial charge < -0.3 is 15.4 Å². The lowest BCUT2D eigenvalue weighted by atomic mass is 10.1. The van der Waals surface area contributed by atoms with Gasteiger partial charge in [0.2, 0.25) is 0 Å². The predicted octanol–water partition coefficient (Wildman–Crippen LogP) is 2.65. The summed E-state index contributed by atoms with van der Waals surface area (Å²) in [4.78, 5) is 20.0. The van der Waals surface area contributed by atoms with Gasteiger partial charge >= 0.3 is 5.97 Å². The first-order valence-corrected chi connectivity index (χ1v) is 8.84. The van der Waals surface area contributed by atoms with Crippen molar-refractivity contribution >= 4 is 11.9 Å². The highest BCUT2D eigenvalue weighted by Gasteiger charge is 2.01. The van der Waals surface area contributed by atoms with Gasteiger partial charge in [-0.2, -0.15) is 0 Å². The van der Waals surface area contributed by atoms with Crippen LogP contribution in [0.25, 0.3) is 0 Å². The third kappa shape index (κ3) is 9.82. The number of ether oxygens (including phenoxy) is 1. The van der Waals surface area contributed by atoms with Crippen LogP contribution in [0.15, 0.2) is 29.4 Å². The van der Waals surface area contributed by atoms with Crippen molar-refractivity contribution in [2.75, 3.05) is 19.7 Å². The average molecular weight is 334 g/mol. The van der Waals surface area contributed by atoms with Gasteiger partial charge in [0.15, 0.2) is 5.96 Å². The first kappa shape index (κ1) is 19.9. The van der Waals surface area contributed by atoms with Crippen molar-refractivity contribution in [2.24, 2.45) is 4.99 Å². The Balaban J connectivity index is 2.16. The maximum absolute atomic E-state index is 11.2. The molecule has 0 aliphatic rings. The van der Waals surface area contributed by atoms with E-state index in [0.29, 0.717) is 19.6 Å². The number of hydrogen-bond acceptors (Lipinski definition) is 4. The molecule has 0 aromatic carbocycles. The molecule has 6 heteroatoms. The Labute approximate surface area is 145 Å². The summed E-state index contributed by atoms with van der Waals surface area (Å²) >= 11 is 0. The molecule has 1 aromatic heterocycles. The number of aromatic nitrogens is 1. The van der Waals surface area contributed by atoms with Gasteiger partial charge in [-0.3, -0.25) is 9.78 Å². The molecule has 0 atom stereocenters. The summed E-state index contributed by atoms with van der Waals surface area (Å²) in [5.41, 5.74) is 0.952. The van der Waals surface area contributed by atoms with E-state index < -0.39 is 0 Å². The van der Waals surface area contributed by atoms with Crippen LogP contribution in [0.3, 0.4) is 0 Å². The number of pyridine rings is 1. The van der Waals surface area contributed by atoms with E-state index in [9.17, 15) is 4.79 Å². The molecule has 1 heterocycles. The molecule has 1 rings (SSSR count). The van der Waals surface area contributed by atoms with Crippen LogP contribution in [0, 0.1) is 0 Å². The van der Waals surface area contributed by atoms with Gasteiger partial charge in [-0.05, 0) is 38.8 Å². The lowest BCUT2D eigenvalue weighted by Gasteiger charge is -2.11. The monoisotopic (exact) mass is 334 g/mol. The van der Waals surface area contributed by atoms with Crippen molar-refractivity contribution in [3.8, 4) is 0 Å². The molecule has 0 aliphatic carbocycles. The van der Waals surface area contributed by atoms with Crippen LogP contribution in [0.2, 0.25) is 0 Å². The van der Waals surface area contributed by atoms with E-state index in [-0.39, 0.29) is 5.97 Å². The molecule has 134 valence electrons. The molecule has 24 heavy (non-hydrogen) atoms. The number of nitrogens with zero attached hydrogens (tertiary/aromatic N) is 2. The van der Waals surface area contributed by atoms with Crippen molar-refractivity contribution in [2.45, 2.75) is 52.5 Å². The minimum absolute atomic E-state index is 0.0910. The molecule has 0 amide bonds. The first-order chi connectivity index (χ1) is 11.8. The Morgan fingerprint density at radius 2 is 2.00 bits per heavy atom. The number of nitrogens with one attached hydrogen (secondary N) is 2. The largest absolute Gasteiger partial charge is 0.466 e. The molecule has 0 saturated carbocycles. The van der Waals surface area contributed by atoms with E-state index in [0.717, 1.165) is 50.4 Å². The van der Waals surface area contributed by atoms with Gasteiger partial charge in [-0.15, -0.1) is 0 Å². The Kier molecular flexibility index (Phi) is 11.1. The molecular weight excluding hydrogens is 304 g/mol. The van der Waals surface area contributed by atoms with Crippen LogP contribution in [0.1, 0.15) is 51.6 Å². The number of hydrogen-bond donors (Lipinski definition) is 2. The highest BCUT2D eigenvalue weighted by atomic mass is 16.5. The molecule has 0 saturated heterocycles. The number of guanidine groups is 1. The molecule has 0 radical (unpaired) electrons. The van der Waals surface area contributed by atoms with Gasteiger partial charge in [-0.1, -0.05) is 18.9 Å². The summed E-state index contributed by atoms with van der Waals surface area (Å²) in [6, 6.07) is 5.84. The lowest BCUT2D eigenvalue weighted by molar-refractivity contribution is -0.143. The smallest absolute Gasteiger partial charge is 0.305 e. The highest BCUT2D eigenvalue weighted by molar-refractivity contribution is 5.79. The molecule has 6 nitrogen and oxygen atoms in total. The minimum atomic E-state index is -0.0910. The predicted molar refractivity (Wildman–Crippen MR) is 96.8 cm³/mol. The average Bonchev–Trinajstić information content (AvgIpc) is 2.60. The normalized spacial score (nSPS) is 11.2. The summed E-state index contributed by atoms with van der Waals surface area (Å²) < 4.78 is 4.91. The maximum Gasteiger partial charge on any atom is 0.305 e. The lowest BCUT2D eigenvalue weighted by Crippen LogP contribution is -2.37. The van der Waals surface area contributed by atoms with E-state index in [2.05, 4.69) is 20.6 Å². The summed E-state index contributed by atoms with van der Waals surface area (Å²) in [7, 11) is 0. The van der Waals surface area contributed by atoms with Crippen molar-refractivity contribution in [1.29, 1.82) is 0 Å². The molecular formula is C18H30N4O2. The molecule has 0 bridgehead atoms. The fourth-order valence-electron chi connectivity index (χ4n) is 2.18. The topological polar surface area (TPSA) is 75.6 Å². The Morgan fingerprint density at radius 3 is 2.71 bits per heavy atom. The zero-order valence-electron chi connectivity index (χ0n) is 14.9. The minimum Gasteiger partial charge on any atom is -0.466 e. The van der Waals surface area contributed by atoms with Crippen LogP contribution in [0.4, 0.5) is 0 Å². The molecule has 0 spiro atoms. The molecule has 0 aliphatic heterocycles. The number of carbonyl (C=O) groups excluding carboxylic acids is 1. The molecule has 0 unspecified atom stereocenters. The second kappa shape index (κ2) is 13.3. The third-order valence-electron chi connectivity index (χ3n) is 3.37. The zero-order chi connectivity index (χ0) is 17.5. The summed E-state index contributed by atoms with van der Waals surface area (Å²) in [6.07, 6.45) is 6.38. The molecule has 2 N–H and O–H groups in total. The SMILES string of the molecule is CCNC(=NCc1ccccn1)NCCCCCCC(=O)OCC. The van der Waals surface area contributed by atoms with Crippen molar-refractivity contribution in [1.82, 2.24) is 15.6 Å². The fraction of sp³-hybridized carbons (Fsp3) is 0.611. The number of esters is 1. The molecule has 0 fully saturated rings. The van der Waals surface area contributed by atoms with E-state index >= 15 is 0 Å².